The summed E-state index contributed by atoms with van der Waals surface area (Å²) in [6.45, 7) is 0. The van der Waals surface area contributed by atoms with Crippen LogP contribution in [0, 0.1) is 11.8 Å². The number of hydrogen-bond acceptors (Lipinski definition) is 6. The predicted octanol–water partition coefficient (Wildman–Crippen LogP) is 5.44. The lowest BCUT2D eigenvalue weighted by molar-refractivity contribution is -0.131. The summed E-state index contributed by atoms with van der Waals surface area (Å²) in [6, 6.07) is 7.58. The highest BCUT2D eigenvalue weighted by molar-refractivity contribution is 6.08. The van der Waals surface area contributed by atoms with Crippen LogP contribution in [0.1, 0.15) is 75.3 Å². The highest BCUT2D eigenvalue weighted by Gasteiger charge is 2.31. The van der Waals surface area contributed by atoms with Gasteiger partial charge in [0.1, 0.15) is 0 Å². The summed E-state index contributed by atoms with van der Waals surface area (Å²) in [7, 11) is 0. The fraction of sp³-hybridized carbons (Fsp3) is 0.462. The molecular formula is C26H28N2O4. The number of nitrogens with zero attached hydrogens (tertiary/aromatic N) is 2. The Morgan fingerprint density at radius 3 is 1.38 bits per heavy atom. The van der Waals surface area contributed by atoms with Crippen LogP contribution in [0.25, 0.3) is 12.2 Å². The van der Waals surface area contributed by atoms with E-state index in [9.17, 15) is 9.59 Å². The molecule has 0 saturated heterocycles. The largest absolute Gasteiger partial charge is 0.406 e. The zero-order valence-electron chi connectivity index (χ0n) is 18.2. The summed E-state index contributed by atoms with van der Waals surface area (Å²) in [6.07, 6.45) is 14.8. The lowest BCUT2D eigenvalue weighted by atomic mass is 9.89. The molecule has 6 nitrogen and oxygen atoms in total. The highest BCUT2D eigenvalue weighted by Crippen LogP contribution is 2.30. The third-order valence-corrected chi connectivity index (χ3v) is 6.73. The Kier molecular flexibility index (Phi) is 6.02. The van der Waals surface area contributed by atoms with Crippen molar-refractivity contribution in [1.29, 1.82) is 0 Å². The van der Waals surface area contributed by atoms with E-state index in [0.717, 1.165) is 62.5 Å². The van der Waals surface area contributed by atoms with Gasteiger partial charge in [-0.05, 0) is 49.0 Å². The zero-order chi connectivity index (χ0) is 21.9. The molecule has 166 valence electrons. The maximum Gasteiger partial charge on any atom is 0.363 e. The third kappa shape index (κ3) is 4.59. The van der Waals surface area contributed by atoms with Crippen LogP contribution >= 0.6 is 0 Å². The second-order valence-corrected chi connectivity index (χ2v) is 9.07. The van der Waals surface area contributed by atoms with Crippen LogP contribution in [0.3, 0.4) is 0 Å². The van der Waals surface area contributed by atoms with Gasteiger partial charge in [0, 0.05) is 11.8 Å². The molecule has 1 aromatic rings. The van der Waals surface area contributed by atoms with Gasteiger partial charge in [-0.3, -0.25) is 0 Å². The normalized spacial score (nSPS) is 25.1. The number of hydrogen-bond donors (Lipinski definition) is 0. The van der Waals surface area contributed by atoms with Crippen molar-refractivity contribution in [3.8, 4) is 0 Å². The van der Waals surface area contributed by atoms with Crippen molar-refractivity contribution in [3.63, 3.8) is 0 Å². The molecule has 32 heavy (non-hydrogen) atoms. The summed E-state index contributed by atoms with van der Waals surface area (Å²) in [5.74, 6) is 0.920. The topological polar surface area (TPSA) is 77.3 Å². The van der Waals surface area contributed by atoms with Crippen molar-refractivity contribution in [3.05, 3.63) is 46.8 Å². The number of ether oxygens (including phenoxy) is 2. The first-order valence-electron chi connectivity index (χ1n) is 11.8. The molecule has 4 aliphatic rings. The SMILES string of the molecule is O=C1OC(C2CCCCC2)=N/C1=C\c1ccc(/C=C2/N=C(C3CCCCC3)OC2=O)cc1. The van der Waals surface area contributed by atoms with Gasteiger partial charge in [-0.1, -0.05) is 62.8 Å². The number of rotatable bonds is 4. The van der Waals surface area contributed by atoms with E-state index in [-0.39, 0.29) is 23.8 Å². The first-order valence-corrected chi connectivity index (χ1v) is 11.8. The minimum atomic E-state index is -0.380. The second-order valence-electron chi connectivity index (χ2n) is 9.07. The Bertz CT molecular complexity index is 937. The first-order chi connectivity index (χ1) is 15.7. The van der Waals surface area contributed by atoms with Crippen LogP contribution in [-0.2, 0) is 19.1 Å². The Morgan fingerprint density at radius 2 is 1.00 bits per heavy atom. The Morgan fingerprint density at radius 1 is 0.625 bits per heavy atom. The van der Waals surface area contributed by atoms with E-state index in [0.29, 0.717) is 23.2 Å². The molecule has 0 unspecified atom stereocenters. The van der Waals surface area contributed by atoms with Crippen LogP contribution < -0.4 is 0 Å². The standard InChI is InChI=1S/C26H28N2O4/c29-25-21(27-23(31-25)19-7-3-1-4-8-19)15-17-11-13-18(14-12-17)16-22-26(30)32-24(28-22)20-9-5-2-6-10-20/h11-16,19-20H,1-10H2/b21-15-,22-16+. The molecule has 0 radical (unpaired) electrons. The lowest BCUT2D eigenvalue weighted by Crippen LogP contribution is -2.19. The molecule has 5 rings (SSSR count). The minimum absolute atomic E-state index is 0.262. The predicted molar refractivity (Wildman–Crippen MR) is 123 cm³/mol. The summed E-state index contributed by atoms with van der Waals surface area (Å²) >= 11 is 0. The molecule has 0 aromatic heterocycles. The summed E-state index contributed by atoms with van der Waals surface area (Å²) in [4.78, 5) is 33.4. The molecule has 1 aromatic carbocycles. The molecule has 2 saturated carbocycles. The average Bonchev–Trinajstić information content (AvgIpc) is 3.38. The van der Waals surface area contributed by atoms with E-state index in [2.05, 4.69) is 9.98 Å². The second kappa shape index (κ2) is 9.23. The maximum atomic E-state index is 12.2. The molecule has 0 amide bonds. The van der Waals surface area contributed by atoms with Gasteiger partial charge in [-0.15, -0.1) is 0 Å². The van der Waals surface area contributed by atoms with Crippen molar-refractivity contribution in [2.24, 2.45) is 21.8 Å². The van der Waals surface area contributed by atoms with Crippen molar-refractivity contribution in [2.45, 2.75) is 64.2 Å². The number of carbonyl (C=O) groups is 2. The minimum Gasteiger partial charge on any atom is -0.406 e. The number of carbonyl (C=O) groups excluding carboxylic acids is 2. The van der Waals surface area contributed by atoms with Gasteiger partial charge in [-0.2, -0.15) is 0 Å². The quantitative estimate of drug-likeness (QED) is 0.469. The molecule has 2 aliphatic heterocycles. The van der Waals surface area contributed by atoms with Crippen LogP contribution in [0.4, 0.5) is 0 Å². The van der Waals surface area contributed by atoms with E-state index in [1.165, 1.54) is 12.8 Å². The van der Waals surface area contributed by atoms with Gasteiger partial charge >= 0.3 is 11.9 Å². The fourth-order valence-corrected chi connectivity index (χ4v) is 4.90. The van der Waals surface area contributed by atoms with Crippen molar-refractivity contribution in [1.82, 2.24) is 0 Å². The van der Waals surface area contributed by atoms with Crippen molar-refractivity contribution in [2.75, 3.05) is 0 Å². The Hall–Kier alpha value is -3.02. The zero-order valence-corrected chi connectivity index (χ0v) is 18.2. The van der Waals surface area contributed by atoms with Gasteiger partial charge < -0.3 is 9.47 Å². The third-order valence-electron chi connectivity index (χ3n) is 6.73. The molecular weight excluding hydrogens is 404 g/mol. The van der Waals surface area contributed by atoms with Gasteiger partial charge in [0.05, 0.1) is 0 Å². The van der Waals surface area contributed by atoms with Crippen LogP contribution in [0.5, 0.6) is 0 Å². The van der Waals surface area contributed by atoms with Crippen molar-refractivity contribution >= 4 is 35.9 Å². The van der Waals surface area contributed by atoms with E-state index < -0.39 is 0 Å². The van der Waals surface area contributed by atoms with Crippen LogP contribution in [-0.4, -0.2) is 23.7 Å². The van der Waals surface area contributed by atoms with Gasteiger partial charge in [0.25, 0.3) is 0 Å². The van der Waals surface area contributed by atoms with Crippen molar-refractivity contribution < 1.29 is 19.1 Å². The monoisotopic (exact) mass is 432 g/mol. The number of esters is 2. The van der Waals surface area contributed by atoms with Gasteiger partial charge in [0.2, 0.25) is 11.8 Å². The smallest absolute Gasteiger partial charge is 0.363 e. The first kappa shape index (κ1) is 20.9. The summed E-state index contributed by atoms with van der Waals surface area (Å²) in [5.41, 5.74) is 2.40. The average molecular weight is 433 g/mol. The van der Waals surface area contributed by atoms with E-state index in [1.807, 2.05) is 24.3 Å². The number of aliphatic imine (C=N–C) groups is 2. The van der Waals surface area contributed by atoms with E-state index >= 15 is 0 Å². The molecule has 0 atom stereocenters. The molecule has 2 aliphatic carbocycles. The number of cyclic esters (lactones) is 2. The number of benzene rings is 1. The molecule has 0 spiro atoms. The Balaban J connectivity index is 1.29. The van der Waals surface area contributed by atoms with Crippen LogP contribution in [0.15, 0.2) is 45.6 Å². The molecule has 0 N–H and O–H groups in total. The lowest BCUT2D eigenvalue weighted by Gasteiger charge is -2.19. The van der Waals surface area contributed by atoms with E-state index in [1.54, 1.807) is 12.2 Å². The summed E-state index contributed by atoms with van der Waals surface area (Å²) in [5, 5.41) is 0. The van der Waals surface area contributed by atoms with Crippen LogP contribution in [0.2, 0.25) is 0 Å². The highest BCUT2D eigenvalue weighted by atomic mass is 16.6. The van der Waals surface area contributed by atoms with Gasteiger partial charge in [0.15, 0.2) is 11.4 Å². The molecule has 2 fully saturated rings. The summed E-state index contributed by atoms with van der Waals surface area (Å²) < 4.78 is 10.9. The molecule has 6 heteroatoms. The maximum absolute atomic E-state index is 12.2. The molecule has 2 heterocycles. The molecule has 0 bridgehead atoms. The van der Waals surface area contributed by atoms with Gasteiger partial charge in [-0.25, -0.2) is 19.6 Å². The fourth-order valence-electron chi connectivity index (χ4n) is 4.90. The Labute approximate surface area is 188 Å². The van der Waals surface area contributed by atoms with E-state index in [4.69, 9.17) is 9.47 Å².